The number of hydrogen-bond donors (Lipinski definition) is 2. The van der Waals surface area contributed by atoms with Gasteiger partial charge >= 0.3 is 0 Å². The van der Waals surface area contributed by atoms with E-state index in [1.807, 2.05) is 0 Å². The van der Waals surface area contributed by atoms with Crippen LogP contribution in [0.2, 0.25) is 10.0 Å². The number of rotatable bonds is 5. The van der Waals surface area contributed by atoms with Crippen molar-refractivity contribution in [3.8, 4) is 0 Å². The Morgan fingerprint density at radius 2 is 1.66 bits per heavy atom. The van der Waals surface area contributed by atoms with Crippen molar-refractivity contribution in [3.05, 3.63) is 93.7 Å². The molecule has 0 unspecified atom stereocenters. The van der Waals surface area contributed by atoms with Crippen molar-refractivity contribution in [2.24, 2.45) is 5.73 Å². The van der Waals surface area contributed by atoms with Crippen LogP contribution in [0.3, 0.4) is 0 Å². The summed E-state index contributed by atoms with van der Waals surface area (Å²) < 4.78 is 1.72. The quantitative estimate of drug-likeness (QED) is 0.453. The monoisotopic (exact) mass is 424 g/mol. The summed E-state index contributed by atoms with van der Waals surface area (Å²) in [7, 11) is 0. The van der Waals surface area contributed by atoms with E-state index in [1.54, 1.807) is 71.4 Å². The Morgan fingerprint density at radius 3 is 2.38 bits per heavy atom. The number of aromatic nitrogens is 2. The lowest BCUT2D eigenvalue weighted by Gasteiger charge is -2.06. The van der Waals surface area contributed by atoms with Crippen LogP contribution in [0.25, 0.3) is 5.65 Å². The van der Waals surface area contributed by atoms with Crippen molar-refractivity contribution in [1.82, 2.24) is 9.38 Å². The average molecular weight is 425 g/mol. The highest BCUT2D eigenvalue weighted by molar-refractivity contribution is 6.41. The molecule has 0 saturated carbocycles. The van der Waals surface area contributed by atoms with Gasteiger partial charge in [0.15, 0.2) is 5.78 Å². The van der Waals surface area contributed by atoms with Crippen LogP contribution in [-0.4, -0.2) is 21.1 Å². The predicted molar refractivity (Wildman–Crippen MR) is 113 cm³/mol. The third-order valence-corrected chi connectivity index (χ3v) is 4.95. The molecule has 0 radical (unpaired) electrons. The fraction of sp³-hybridized carbons (Fsp3) is 0. The molecule has 0 aliphatic heterocycles. The van der Waals surface area contributed by atoms with Crippen molar-refractivity contribution in [1.29, 1.82) is 0 Å². The lowest BCUT2D eigenvalue weighted by Crippen LogP contribution is -2.10. The highest BCUT2D eigenvalue weighted by atomic mass is 35.5. The number of benzene rings is 2. The fourth-order valence-electron chi connectivity index (χ4n) is 2.94. The van der Waals surface area contributed by atoms with Crippen LogP contribution in [0.5, 0.6) is 0 Å². The van der Waals surface area contributed by atoms with Crippen molar-refractivity contribution in [3.63, 3.8) is 0 Å². The molecule has 3 N–H and O–H groups in total. The third kappa shape index (κ3) is 3.81. The second kappa shape index (κ2) is 7.58. The van der Waals surface area contributed by atoms with Crippen LogP contribution in [-0.2, 0) is 0 Å². The van der Waals surface area contributed by atoms with Crippen LogP contribution in [0.4, 0.5) is 11.5 Å². The van der Waals surface area contributed by atoms with Crippen molar-refractivity contribution in [2.75, 3.05) is 5.32 Å². The Morgan fingerprint density at radius 1 is 0.931 bits per heavy atom. The van der Waals surface area contributed by atoms with Gasteiger partial charge in [0.1, 0.15) is 11.5 Å². The molecule has 0 bridgehead atoms. The normalized spacial score (nSPS) is 10.8. The number of ketones is 1. The number of halogens is 2. The van der Waals surface area contributed by atoms with E-state index in [0.29, 0.717) is 38.3 Å². The molecule has 0 aliphatic carbocycles. The number of imidazole rings is 1. The zero-order chi connectivity index (χ0) is 20.5. The summed E-state index contributed by atoms with van der Waals surface area (Å²) in [4.78, 5) is 28.7. The molecular weight excluding hydrogens is 411 g/mol. The van der Waals surface area contributed by atoms with E-state index in [1.165, 1.54) is 0 Å². The highest BCUT2D eigenvalue weighted by Crippen LogP contribution is 2.27. The molecule has 2 aromatic carbocycles. The summed E-state index contributed by atoms with van der Waals surface area (Å²) in [5, 5.41) is 3.71. The molecule has 4 rings (SSSR count). The van der Waals surface area contributed by atoms with Gasteiger partial charge in [-0.3, -0.25) is 9.59 Å². The molecular formula is C21H14Cl2N4O2. The first-order valence-corrected chi connectivity index (χ1v) is 9.32. The molecule has 0 fully saturated rings. The Kier molecular flexibility index (Phi) is 4.96. The molecule has 0 aliphatic rings. The van der Waals surface area contributed by atoms with E-state index in [-0.39, 0.29) is 11.3 Å². The van der Waals surface area contributed by atoms with Crippen molar-refractivity contribution >= 4 is 52.0 Å². The van der Waals surface area contributed by atoms with Gasteiger partial charge in [-0.25, -0.2) is 4.98 Å². The number of carbonyl (C=O) groups is 2. The second-order valence-corrected chi connectivity index (χ2v) is 7.12. The summed E-state index contributed by atoms with van der Waals surface area (Å²) >= 11 is 12.3. The minimum Gasteiger partial charge on any atom is -0.366 e. The number of anilines is 2. The first kappa shape index (κ1) is 19.0. The Bertz CT molecular complexity index is 1250. The predicted octanol–water partition coefficient (Wildman–Crippen LogP) is 4.71. The number of pyridine rings is 1. The second-order valence-electron chi connectivity index (χ2n) is 6.31. The number of primary amides is 1. The van der Waals surface area contributed by atoms with Gasteiger partial charge in [0.2, 0.25) is 5.91 Å². The number of amides is 1. The maximum absolute atomic E-state index is 12.9. The summed E-state index contributed by atoms with van der Waals surface area (Å²) in [5.41, 5.74) is 7.70. The summed E-state index contributed by atoms with van der Waals surface area (Å²) in [6, 6.07) is 15.1. The lowest BCUT2D eigenvalue weighted by atomic mass is 10.0. The average Bonchev–Trinajstić information content (AvgIpc) is 3.09. The summed E-state index contributed by atoms with van der Waals surface area (Å²) in [5.74, 6) is -0.239. The highest BCUT2D eigenvalue weighted by Gasteiger charge is 2.17. The Hall–Kier alpha value is -3.35. The van der Waals surface area contributed by atoms with Crippen LogP contribution in [0, 0.1) is 0 Å². The van der Waals surface area contributed by atoms with Crippen LogP contribution >= 0.6 is 23.2 Å². The van der Waals surface area contributed by atoms with Crippen LogP contribution < -0.4 is 11.1 Å². The van der Waals surface area contributed by atoms with Crippen molar-refractivity contribution < 1.29 is 9.59 Å². The molecule has 0 spiro atoms. The molecule has 4 aromatic rings. The van der Waals surface area contributed by atoms with Crippen LogP contribution in [0.15, 0.2) is 67.0 Å². The summed E-state index contributed by atoms with van der Waals surface area (Å²) in [6.07, 6.45) is 3.40. The van der Waals surface area contributed by atoms with E-state index >= 15 is 0 Å². The number of nitrogens with one attached hydrogen (secondary N) is 1. The topological polar surface area (TPSA) is 89.5 Å². The number of fused-ring (bicyclic) bond motifs is 1. The molecule has 2 aromatic heterocycles. The fourth-order valence-corrected chi connectivity index (χ4v) is 3.51. The Labute approximate surface area is 175 Å². The van der Waals surface area contributed by atoms with Gasteiger partial charge in [0.25, 0.3) is 0 Å². The number of nitrogens with two attached hydrogens (primary N) is 1. The number of nitrogens with zero attached hydrogens (tertiary/aromatic N) is 2. The van der Waals surface area contributed by atoms with Crippen molar-refractivity contribution in [2.45, 2.75) is 0 Å². The maximum atomic E-state index is 12.9. The lowest BCUT2D eigenvalue weighted by molar-refractivity contribution is 0.0998. The van der Waals surface area contributed by atoms with Crippen LogP contribution in [0.1, 0.15) is 26.3 Å². The minimum absolute atomic E-state index is 0.261. The van der Waals surface area contributed by atoms with E-state index in [2.05, 4.69) is 10.3 Å². The minimum atomic E-state index is -0.509. The smallest absolute Gasteiger partial charge is 0.248 e. The van der Waals surface area contributed by atoms with Gasteiger partial charge < -0.3 is 15.5 Å². The SMILES string of the molecule is NC(=O)c1cccc(Nc2cn3cc(C(=O)c4c(Cl)cccc4Cl)ccc3n2)c1. The Balaban J connectivity index is 1.65. The first-order valence-electron chi connectivity index (χ1n) is 8.57. The molecule has 8 heteroatoms. The van der Waals surface area contributed by atoms with Gasteiger partial charge in [-0.15, -0.1) is 0 Å². The van der Waals surface area contributed by atoms with Gasteiger partial charge in [0, 0.05) is 23.0 Å². The molecule has 0 saturated heterocycles. The maximum Gasteiger partial charge on any atom is 0.248 e. The van der Waals surface area contributed by atoms with E-state index in [9.17, 15) is 9.59 Å². The zero-order valence-corrected chi connectivity index (χ0v) is 16.4. The molecule has 2 heterocycles. The molecule has 29 heavy (non-hydrogen) atoms. The van der Waals surface area contributed by atoms with Gasteiger partial charge in [-0.2, -0.15) is 0 Å². The largest absolute Gasteiger partial charge is 0.366 e. The van der Waals surface area contributed by atoms with E-state index < -0.39 is 5.91 Å². The van der Waals surface area contributed by atoms with E-state index in [0.717, 1.165) is 0 Å². The standard InChI is InChI=1S/C21H14Cl2N4O2/c22-15-5-2-6-16(23)19(15)20(28)13-7-8-18-26-17(11-27(18)10-13)25-14-4-1-3-12(9-14)21(24)29/h1-11,25H,(H2,24,29). The molecule has 144 valence electrons. The van der Waals surface area contributed by atoms with E-state index in [4.69, 9.17) is 28.9 Å². The van der Waals surface area contributed by atoms with Gasteiger partial charge in [-0.05, 0) is 42.5 Å². The third-order valence-electron chi connectivity index (χ3n) is 4.32. The zero-order valence-electron chi connectivity index (χ0n) is 14.9. The molecule has 0 atom stereocenters. The first-order chi connectivity index (χ1) is 13.9. The van der Waals surface area contributed by atoms with Gasteiger partial charge in [-0.1, -0.05) is 35.3 Å². The molecule has 6 nitrogen and oxygen atoms in total. The number of hydrogen-bond acceptors (Lipinski definition) is 4. The van der Waals surface area contributed by atoms with Gasteiger partial charge in [0.05, 0.1) is 21.8 Å². The summed E-state index contributed by atoms with van der Waals surface area (Å²) in [6.45, 7) is 0. The number of carbonyl (C=O) groups excluding carboxylic acids is 2. The molecule has 1 amide bonds.